The number of esters is 1. The van der Waals surface area contributed by atoms with Crippen LogP contribution in [-0.4, -0.2) is 44.0 Å². The summed E-state index contributed by atoms with van der Waals surface area (Å²) in [5.74, 6) is -0.713. The topological polar surface area (TPSA) is 89.9 Å². The first-order chi connectivity index (χ1) is 7.58. The molecular formula is C8H12F2O6S. The highest BCUT2D eigenvalue weighted by atomic mass is 32.2. The zero-order chi connectivity index (χ0) is 13.7. The van der Waals surface area contributed by atoms with Gasteiger partial charge in [0.1, 0.15) is 13.2 Å². The van der Waals surface area contributed by atoms with E-state index < -0.39 is 34.6 Å². The molecule has 0 saturated carbocycles. The van der Waals surface area contributed by atoms with E-state index >= 15 is 0 Å². The molecule has 1 N–H and O–H groups in total. The number of carbonyl (C=O) groups excluding carboxylic acids is 1. The van der Waals surface area contributed by atoms with Gasteiger partial charge in [-0.2, -0.15) is 17.2 Å². The lowest BCUT2D eigenvalue weighted by Gasteiger charge is -2.12. The van der Waals surface area contributed by atoms with E-state index in [0.717, 1.165) is 0 Å². The van der Waals surface area contributed by atoms with E-state index in [4.69, 9.17) is 4.55 Å². The number of carbonyl (C=O) groups is 1. The highest BCUT2D eigenvalue weighted by Crippen LogP contribution is 2.20. The lowest BCUT2D eigenvalue weighted by atomic mass is 10.4. The van der Waals surface area contributed by atoms with Gasteiger partial charge in [0.2, 0.25) is 0 Å². The molecule has 0 aromatic heterocycles. The van der Waals surface area contributed by atoms with Gasteiger partial charge in [0.05, 0.1) is 6.61 Å². The molecule has 0 aliphatic carbocycles. The third-order valence-corrected chi connectivity index (χ3v) is 2.33. The molecule has 0 rings (SSSR count). The number of hydrogen-bond acceptors (Lipinski definition) is 5. The van der Waals surface area contributed by atoms with E-state index in [9.17, 15) is 22.0 Å². The summed E-state index contributed by atoms with van der Waals surface area (Å²) in [4.78, 5) is 10.8. The maximum atomic E-state index is 12.6. The minimum Gasteiger partial charge on any atom is -0.460 e. The maximum absolute atomic E-state index is 12.6. The SMILES string of the molecule is C=C(C)C(=O)OCCOCC(F)(F)S(=O)(=O)O. The first-order valence-corrected chi connectivity index (χ1v) is 5.77. The van der Waals surface area contributed by atoms with Crippen LogP contribution in [0.5, 0.6) is 0 Å². The number of ether oxygens (including phenoxy) is 2. The van der Waals surface area contributed by atoms with Crippen LogP contribution in [-0.2, 0) is 24.4 Å². The zero-order valence-electron chi connectivity index (χ0n) is 8.98. The molecule has 0 radical (unpaired) electrons. The molecule has 0 amide bonds. The molecule has 0 unspecified atom stereocenters. The standard InChI is InChI=1S/C8H12F2O6S/c1-6(2)7(11)16-4-3-15-5-8(9,10)17(12,13)14/h1,3-5H2,2H3,(H,12,13,14). The van der Waals surface area contributed by atoms with Crippen molar-refractivity contribution in [3.63, 3.8) is 0 Å². The lowest BCUT2D eigenvalue weighted by molar-refractivity contribution is -0.141. The van der Waals surface area contributed by atoms with Crippen LogP contribution >= 0.6 is 0 Å². The van der Waals surface area contributed by atoms with Gasteiger partial charge in [-0.15, -0.1) is 0 Å². The van der Waals surface area contributed by atoms with Crippen molar-refractivity contribution in [3.8, 4) is 0 Å². The monoisotopic (exact) mass is 274 g/mol. The Kier molecular flexibility index (Phi) is 5.66. The molecule has 0 aliphatic heterocycles. The van der Waals surface area contributed by atoms with Crippen LogP contribution in [0, 0.1) is 0 Å². The molecule has 0 saturated heterocycles. The summed E-state index contributed by atoms with van der Waals surface area (Å²) in [7, 11) is -5.50. The number of alkyl halides is 2. The van der Waals surface area contributed by atoms with Gasteiger partial charge in [-0.1, -0.05) is 6.58 Å². The first-order valence-electron chi connectivity index (χ1n) is 4.33. The second-order valence-electron chi connectivity index (χ2n) is 3.08. The maximum Gasteiger partial charge on any atom is 0.392 e. The third-order valence-electron chi connectivity index (χ3n) is 1.46. The molecular weight excluding hydrogens is 262 g/mol. The van der Waals surface area contributed by atoms with Crippen LogP contribution in [0.4, 0.5) is 8.78 Å². The minimum atomic E-state index is -5.50. The van der Waals surface area contributed by atoms with E-state index in [2.05, 4.69) is 16.1 Å². The molecule has 0 heterocycles. The van der Waals surface area contributed by atoms with E-state index in [-0.39, 0.29) is 12.2 Å². The van der Waals surface area contributed by atoms with Crippen LogP contribution < -0.4 is 0 Å². The van der Waals surface area contributed by atoms with Crippen LogP contribution in [0.1, 0.15) is 6.92 Å². The summed E-state index contributed by atoms with van der Waals surface area (Å²) in [6.45, 7) is 2.41. The zero-order valence-corrected chi connectivity index (χ0v) is 9.80. The fourth-order valence-electron chi connectivity index (χ4n) is 0.582. The van der Waals surface area contributed by atoms with Crippen molar-refractivity contribution in [2.75, 3.05) is 19.8 Å². The second-order valence-corrected chi connectivity index (χ2v) is 4.63. The summed E-state index contributed by atoms with van der Waals surface area (Å²) in [5, 5.41) is -4.38. The summed E-state index contributed by atoms with van der Waals surface area (Å²) in [6, 6.07) is 0. The third kappa shape index (κ3) is 5.71. The number of rotatable bonds is 7. The Labute approximate surface area is 97.0 Å². The van der Waals surface area contributed by atoms with Gasteiger partial charge in [0.15, 0.2) is 0 Å². The van der Waals surface area contributed by atoms with Crippen molar-refractivity contribution in [2.24, 2.45) is 0 Å². The Morgan fingerprint density at radius 1 is 1.41 bits per heavy atom. The van der Waals surface area contributed by atoms with E-state index in [1.54, 1.807) is 0 Å². The molecule has 0 aromatic carbocycles. The summed E-state index contributed by atoms with van der Waals surface area (Å²) < 4.78 is 62.3. The Morgan fingerprint density at radius 3 is 2.35 bits per heavy atom. The van der Waals surface area contributed by atoms with Crippen molar-refractivity contribution in [1.29, 1.82) is 0 Å². The van der Waals surface area contributed by atoms with Gasteiger partial charge < -0.3 is 9.47 Å². The second kappa shape index (κ2) is 6.03. The van der Waals surface area contributed by atoms with Crippen LogP contribution in [0.15, 0.2) is 12.2 Å². The van der Waals surface area contributed by atoms with Gasteiger partial charge in [0, 0.05) is 5.57 Å². The Bertz CT molecular complexity index is 389. The molecule has 0 fully saturated rings. The quantitative estimate of drug-likeness (QED) is 0.316. The van der Waals surface area contributed by atoms with Crippen LogP contribution in [0.25, 0.3) is 0 Å². The summed E-state index contributed by atoms with van der Waals surface area (Å²) in [6.07, 6.45) is 0. The predicted molar refractivity (Wildman–Crippen MR) is 53.1 cm³/mol. The summed E-state index contributed by atoms with van der Waals surface area (Å²) >= 11 is 0. The van der Waals surface area contributed by atoms with E-state index in [0.29, 0.717) is 0 Å². The molecule has 17 heavy (non-hydrogen) atoms. The number of hydrogen-bond donors (Lipinski definition) is 1. The largest absolute Gasteiger partial charge is 0.460 e. The Hall–Kier alpha value is -1.06. The molecule has 0 atom stereocenters. The molecule has 0 bridgehead atoms. The van der Waals surface area contributed by atoms with Crippen molar-refractivity contribution in [1.82, 2.24) is 0 Å². The minimum absolute atomic E-state index is 0.133. The molecule has 0 aliphatic rings. The Morgan fingerprint density at radius 2 is 1.94 bits per heavy atom. The van der Waals surface area contributed by atoms with Crippen molar-refractivity contribution in [2.45, 2.75) is 12.2 Å². The van der Waals surface area contributed by atoms with Crippen LogP contribution in [0.2, 0.25) is 0 Å². The predicted octanol–water partition coefficient (Wildman–Crippen LogP) is 0.603. The molecule has 0 spiro atoms. The average molecular weight is 274 g/mol. The fraction of sp³-hybridized carbons (Fsp3) is 0.625. The first kappa shape index (κ1) is 15.9. The van der Waals surface area contributed by atoms with Crippen LogP contribution in [0.3, 0.4) is 0 Å². The highest BCUT2D eigenvalue weighted by Gasteiger charge is 2.44. The molecule has 9 heteroatoms. The Balaban J connectivity index is 3.88. The lowest BCUT2D eigenvalue weighted by Crippen LogP contribution is -2.34. The molecule has 6 nitrogen and oxygen atoms in total. The summed E-state index contributed by atoms with van der Waals surface area (Å²) in [5.41, 5.74) is 0.133. The van der Waals surface area contributed by atoms with Gasteiger partial charge >= 0.3 is 21.3 Å². The molecule has 100 valence electrons. The van der Waals surface area contributed by atoms with Crippen molar-refractivity contribution in [3.05, 3.63) is 12.2 Å². The number of halogens is 2. The van der Waals surface area contributed by atoms with E-state index in [1.165, 1.54) is 6.92 Å². The van der Waals surface area contributed by atoms with Crippen molar-refractivity contribution >= 4 is 16.1 Å². The van der Waals surface area contributed by atoms with Gasteiger partial charge in [0.25, 0.3) is 0 Å². The van der Waals surface area contributed by atoms with E-state index in [1.807, 2.05) is 0 Å². The van der Waals surface area contributed by atoms with Gasteiger partial charge in [-0.05, 0) is 6.92 Å². The van der Waals surface area contributed by atoms with Gasteiger partial charge in [-0.3, -0.25) is 4.55 Å². The normalized spacial score (nSPS) is 12.2. The van der Waals surface area contributed by atoms with Crippen molar-refractivity contribution < 1.29 is 36.0 Å². The fourth-order valence-corrected chi connectivity index (χ4v) is 0.814. The smallest absolute Gasteiger partial charge is 0.392 e. The molecule has 0 aromatic rings. The van der Waals surface area contributed by atoms with Gasteiger partial charge in [-0.25, -0.2) is 4.79 Å². The average Bonchev–Trinajstić information content (AvgIpc) is 2.14. The highest BCUT2D eigenvalue weighted by molar-refractivity contribution is 7.86.